The maximum atomic E-state index is 12.1. The van der Waals surface area contributed by atoms with Gasteiger partial charge < -0.3 is 10.6 Å². The fraction of sp³-hybridized carbons (Fsp3) is 0.467. The fourth-order valence-electron chi connectivity index (χ4n) is 2.60. The number of benzene rings is 1. The summed E-state index contributed by atoms with van der Waals surface area (Å²) in [6.07, 6.45) is 1.96. The second-order valence-electron chi connectivity index (χ2n) is 5.42. The predicted molar refractivity (Wildman–Crippen MR) is 77.1 cm³/mol. The van der Waals surface area contributed by atoms with Crippen LogP contribution in [0.4, 0.5) is 0 Å². The molecular formula is C15H21N3O2. The van der Waals surface area contributed by atoms with Crippen LogP contribution in [-0.4, -0.2) is 48.3 Å². The molecule has 2 N–H and O–H groups in total. The van der Waals surface area contributed by atoms with Crippen molar-refractivity contribution >= 4 is 11.8 Å². The van der Waals surface area contributed by atoms with Gasteiger partial charge in [0.05, 0.1) is 6.04 Å². The number of amides is 2. The van der Waals surface area contributed by atoms with Gasteiger partial charge in [-0.25, -0.2) is 0 Å². The molecule has 1 fully saturated rings. The quantitative estimate of drug-likeness (QED) is 0.885. The smallest absolute Gasteiger partial charge is 0.248 e. The monoisotopic (exact) mass is 275 g/mol. The third-order valence-corrected chi connectivity index (χ3v) is 3.71. The summed E-state index contributed by atoms with van der Waals surface area (Å²) >= 11 is 0. The minimum absolute atomic E-state index is 0.0270. The number of rotatable bonds is 4. The molecule has 1 saturated heterocycles. The lowest BCUT2D eigenvalue weighted by molar-refractivity contribution is -0.133. The molecule has 2 rings (SSSR count). The summed E-state index contributed by atoms with van der Waals surface area (Å²) in [7, 11) is 3.58. The van der Waals surface area contributed by atoms with Gasteiger partial charge in [-0.1, -0.05) is 12.1 Å². The SMILES string of the molecule is CN(C)C(=O)C1CCCN1Cc1ccc(C(N)=O)cc1. The molecule has 0 saturated carbocycles. The Labute approximate surface area is 119 Å². The minimum atomic E-state index is -0.418. The Balaban J connectivity index is 2.05. The van der Waals surface area contributed by atoms with Crippen molar-refractivity contribution < 1.29 is 9.59 Å². The summed E-state index contributed by atoms with van der Waals surface area (Å²) in [6.45, 7) is 1.66. The number of likely N-dealkylation sites (tertiary alicyclic amines) is 1. The molecule has 5 nitrogen and oxygen atoms in total. The summed E-state index contributed by atoms with van der Waals surface area (Å²) in [5.41, 5.74) is 6.82. The Morgan fingerprint density at radius 3 is 2.50 bits per heavy atom. The van der Waals surface area contributed by atoms with Gasteiger partial charge in [0.25, 0.3) is 0 Å². The first-order valence-electron chi connectivity index (χ1n) is 6.83. The molecule has 1 aliphatic heterocycles. The van der Waals surface area contributed by atoms with Crippen molar-refractivity contribution in [3.63, 3.8) is 0 Å². The van der Waals surface area contributed by atoms with Crippen molar-refractivity contribution in [1.82, 2.24) is 9.80 Å². The average molecular weight is 275 g/mol. The van der Waals surface area contributed by atoms with Crippen molar-refractivity contribution in [3.05, 3.63) is 35.4 Å². The number of carbonyl (C=O) groups excluding carboxylic acids is 2. The van der Waals surface area contributed by atoms with Crippen molar-refractivity contribution in [2.75, 3.05) is 20.6 Å². The van der Waals surface area contributed by atoms with Gasteiger partial charge >= 0.3 is 0 Å². The number of hydrogen-bond acceptors (Lipinski definition) is 3. The highest BCUT2D eigenvalue weighted by Gasteiger charge is 2.31. The van der Waals surface area contributed by atoms with E-state index < -0.39 is 5.91 Å². The molecule has 0 aliphatic carbocycles. The predicted octanol–water partition coefficient (Wildman–Crippen LogP) is 0.838. The van der Waals surface area contributed by atoms with Gasteiger partial charge in [0.15, 0.2) is 0 Å². The highest BCUT2D eigenvalue weighted by molar-refractivity contribution is 5.92. The Morgan fingerprint density at radius 1 is 1.30 bits per heavy atom. The maximum absolute atomic E-state index is 12.1. The second kappa shape index (κ2) is 6.05. The first kappa shape index (κ1) is 14.5. The molecule has 0 aromatic heterocycles. The Kier molecular flexibility index (Phi) is 4.39. The van der Waals surface area contributed by atoms with E-state index in [0.717, 1.165) is 31.5 Å². The van der Waals surface area contributed by atoms with E-state index in [9.17, 15) is 9.59 Å². The van der Waals surface area contributed by atoms with Crippen LogP contribution in [0, 0.1) is 0 Å². The fourth-order valence-corrected chi connectivity index (χ4v) is 2.60. The van der Waals surface area contributed by atoms with Crippen molar-refractivity contribution in [2.45, 2.75) is 25.4 Å². The van der Waals surface area contributed by atoms with Gasteiger partial charge in [-0.15, -0.1) is 0 Å². The number of hydrogen-bond donors (Lipinski definition) is 1. The van der Waals surface area contributed by atoms with Gasteiger partial charge in [-0.05, 0) is 37.1 Å². The lowest BCUT2D eigenvalue weighted by atomic mass is 10.1. The lowest BCUT2D eigenvalue weighted by Gasteiger charge is -2.26. The van der Waals surface area contributed by atoms with Crippen LogP contribution < -0.4 is 5.73 Å². The molecule has 1 unspecified atom stereocenters. The van der Waals surface area contributed by atoms with Gasteiger partial charge in [0, 0.05) is 26.2 Å². The van der Waals surface area contributed by atoms with Gasteiger partial charge in [-0.2, -0.15) is 0 Å². The van der Waals surface area contributed by atoms with E-state index in [-0.39, 0.29) is 11.9 Å². The number of nitrogens with zero attached hydrogens (tertiary/aromatic N) is 2. The zero-order valence-electron chi connectivity index (χ0n) is 12.0. The Hall–Kier alpha value is -1.88. The van der Waals surface area contributed by atoms with E-state index in [1.807, 2.05) is 12.1 Å². The van der Waals surface area contributed by atoms with E-state index >= 15 is 0 Å². The van der Waals surface area contributed by atoms with Gasteiger partial charge in [0.2, 0.25) is 11.8 Å². The zero-order valence-corrected chi connectivity index (χ0v) is 12.0. The molecule has 1 atom stereocenters. The first-order valence-corrected chi connectivity index (χ1v) is 6.83. The Bertz CT molecular complexity index is 496. The molecule has 1 aromatic carbocycles. The summed E-state index contributed by atoms with van der Waals surface area (Å²) in [5.74, 6) is -0.255. The number of primary amides is 1. The van der Waals surface area contributed by atoms with Gasteiger partial charge in [0.1, 0.15) is 0 Å². The number of likely N-dealkylation sites (N-methyl/N-ethyl adjacent to an activating group) is 1. The molecule has 108 valence electrons. The van der Waals surface area contributed by atoms with Crippen LogP contribution in [0.15, 0.2) is 24.3 Å². The van der Waals surface area contributed by atoms with E-state index in [2.05, 4.69) is 4.90 Å². The van der Waals surface area contributed by atoms with Crippen molar-refractivity contribution in [2.24, 2.45) is 5.73 Å². The molecule has 1 aliphatic rings. The molecule has 2 amide bonds. The second-order valence-corrected chi connectivity index (χ2v) is 5.42. The highest BCUT2D eigenvalue weighted by atomic mass is 16.2. The normalized spacial score (nSPS) is 19.0. The van der Waals surface area contributed by atoms with Crippen molar-refractivity contribution in [1.29, 1.82) is 0 Å². The molecule has 5 heteroatoms. The summed E-state index contributed by atoms with van der Waals surface area (Å²) in [6, 6.07) is 7.24. The average Bonchev–Trinajstić information content (AvgIpc) is 2.86. The minimum Gasteiger partial charge on any atom is -0.366 e. The number of nitrogens with two attached hydrogens (primary N) is 1. The third kappa shape index (κ3) is 3.17. The van der Waals surface area contributed by atoms with E-state index in [1.54, 1.807) is 31.1 Å². The summed E-state index contributed by atoms with van der Waals surface area (Å²) in [5, 5.41) is 0. The van der Waals surface area contributed by atoms with Crippen LogP contribution in [0.5, 0.6) is 0 Å². The van der Waals surface area contributed by atoms with E-state index in [1.165, 1.54) is 0 Å². The topological polar surface area (TPSA) is 66.6 Å². The van der Waals surface area contributed by atoms with E-state index in [4.69, 9.17) is 5.73 Å². The van der Waals surface area contributed by atoms with Crippen LogP contribution in [0.2, 0.25) is 0 Å². The first-order chi connectivity index (χ1) is 9.49. The standard InChI is InChI=1S/C15H21N3O2/c1-17(2)15(20)13-4-3-9-18(13)10-11-5-7-12(8-6-11)14(16)19/h5-8,13H,3-4,9-10H2,1-2H3,(H2,16,19). The molecule has 1 aromatic rings. The van der Waals surface area contributed by atoms with Crippen LogP contribution in [0.25, 0.3) is 0 Å². The molecule has 0 radical (unpaired) electrons. The van der Waals surface area contributed by atoms with Gasteiger partial charge in [-0.3, -0.25) is 14.5 Å². The van der Waals surface area contributed by atoms with Crippen LogP contribution in [-0.2, 0) is 11.3 Å². The highest BCUT2D eigenvalue weighted by Crippen LogP contribution is 2.21. The molecular weight excluding hydrogens is 254 g/mol. The lowest BCUT2D eigenvalue weighted by Crippen LogP contribution is -2.42. The molecule has 20 heavy (non-hydrogen) atoms. The third-order valence-electron chi connectivity index (χ3n) is 3.71. The molecule has 1 heterocycles. The number of carbonyl (C=O) groups is 2. The zero-order chi connectivity index (χ0) is 14.7. The summed E-state index contributed by atoms with van der Waals surface area (Å²) in [4.78, 5) is 27.0. The van der Waals surface area contributed by atoms with Crippen LogP contribution in [0.3, 0.4) is 0 Å². The maximum Gasteiger partial charge on any atom is 0.248 e. The van der Waals surface area contributed by atoms with Crippen LogP contribution >= 0.6 is 0 Å². The largest absolute Gasteiger partial charge is 0.366 e. The van der Waals surface area contributed by atoms with Crippen LogP contribution in [0.1, 0.15) is 28.8 Å². The molecule has 0 bridgehead atoms. The van der Waals surface area contributed by atoms with Crippen molar-refractivity contribution in [3.8, 4) is 0 Å². The Morgan fingerprint density at radius 2 is 1.95 bits per heavy atom. The van der Waals surface area contributed by atoms with E-state index in [0.29, 0.717) is 5.56 Å². The molecule has 0 spiro atoms. The summed E-state index contributed by atoms with van der Waals surface area (Å²) < 4.78 is 0.